The number of benzene rings is 2. The molecule has 0 bridgehead atoms. The Morgan fingerprint density at radius 2 is 1.81 bits per heavy atom. The summed E-state index contributed by atoms with van der Waals surface area (Å²) in [4.78, 5) is 4.57. The van der Waals surface area contributed by atoms with E-state index in [1.807, 2.05) is 35.6 Å². The summed E-state index contributed by atoms with van der Waals surface area (Å²) >= 11 is 0. The van der Waals surface area contributed by atoms with Gasteiger partial charge in [0.1, 0.15) is 11.6 Å². The van der Waals surface area contributed by atoms with Crippen LogP contribution < -0.4 is 9.46 Å². The number of para-hydroxylation sites is 2. The molecule has 8 nitrogen and oxygen atoms in total. The van der Waals surface area contributed by atoms with Gasteiger partial charge in [-0.25, -0.2) is 13.4 Å². The SMILES string of the molecule is CCc1nnc2c(Oc3ccc(NS(C)(=O)=O)cc3)nc3ccccc3n12. The van der Waals surface area contributed by atoms with E-state index in [1.54, 1.807) is 24.3 Å². The average Bonchev–Trinajstić information content (AvgIpc) is 3.07. The second kappa shape index (κ2) is 6.51. The lowest BCUT2D eigenvalue weighted by molar-refractivity contribution is 0.467. The molecule has 9 heteroatoms. The molecule has 0 amide bonds. The number of hydrogen-bond acceptors (Lipinski definition) is 6. The second-order valence-electron chi connectivity index (χ2n) is 6.04. The molecule has 0 saturated carbocycles. The smallest absolute Gasteiger partial charge is 0.266 e. The molecule has 0 atom stereocenters. The number of nitrogens with zero attached hydrogens (tertiary/aromatic N) is 4. The molecule has 0 aliphatic carbocycles. The number of ether oxygens (including phenoxy) is 1. The molecule has 0 spiro atoms. The lowest BCUT2D eigenvalue weighted by atomic mass is 10.3. The quantitative estimate of drug-likeness (QED) is 0.569. The van der Waals surface area contributed by atoms with E-state index in [0.29, 0.717) is 23.0 Å². The molecule has 4 rings (SSSR count). The van der Waals surface area contributed by atoms with E-state index < -0.39 is 10.0 Å². The van der Waals surface area contributed by atoms with Gasteiger partial charge in [0, 0.05) is 12.1 Å². The highest BCUT2D eigenvalue weighted by atomic mass is 32.2. The molecule has 4 aromatic rings. The second-order valence-corrected chi connectivity index (χ2v) is 7.78. The molecular formula is C18H17N5O3S. The van der Waals surface area contributed by atoms with Crippen molar-refractivity contribution in [1.82, 2.24) is 19.6 Å². The van der Waals surface area contributed by atoms with Crippen LogP contribution in [-0.4, -0.2) is 34.3 Å². The summed E-state index contributed by atoms with van der Waals surface area (Å²) in [5, 5.41) is 8.47. The minimum absolute atomic E-state index is 0.338. The van der Waals surface area contributed by atoms with Gasteiger partial charge in [-0.05, 0) is 36.4 Å². The Labute approximate surface area is 155 Å². The van der Waals surface area contributed by atoms with Crippen molar-refractivity contribution in [2.45, 2.75) is 13.3 Å². The van der Waals surface area contributed by atoms with Crippen molar-refractivity contribution in [2.24, 2.45) is 0 Å². The van der Waals surface area contributed by atoms with Crippen LogP contribution >= 0.6 is 0 Å². The monoisotopic (exact) mass is 383 g/mol. The Morgan fingerprint density at radius 3 is 2.52 bits per heavy atom. The van der Waals surface area contributed by atoms with Crippen LogP contribution in [-0.2, 0) is 16.4 Å². The van der Waals surface area contributed by atoms with E-state index in [9.17, 15) is 8.42 Å². The third kappa shape index (κ3) is 3.41. The fourth-order valence-corrected chi connectivity index (χ4v) is 3.39. The largest absolute Gasteiger partial charge is 0.436 e. The summed E-state index contributed by atoms with van der Waals surface area (Å²) < 4.78 is 32.9. The van der Waals surface area contributed by atoms with Gasteiger partial charge < -0.3 is 4.74 Å². The summed E-state index contributed by atoms with van der Waals surface area (Å²) in [5.74, 6) is 1.67. The normalized spacial score (nSPS) is 11.8. The molecule has 0 aliphatic rings. The molecule has 2 aromatic heterocycles. The first-order valence-corrected chi connectivity index (χ1v) is 10.2. The van der Waals surface area contributed by atoms with Gasteiger partial charge >= 0.3 is 0 Å². The van der Waals surface area contributed by atoms with Crippen molar-refractivity contribution < 1.29 is 13.2 Å². The van der Waals surface area contributed by atoms with Gasteiger partial charge in [-0.3, -0.25) is 9.12 Å². The third-order valence-corrected chi connectivity index (χ3v) is 4.56. The molecule has 1 N–H and O–H groups in total. The van der Waals surface area contributed by atoms with Crippen LogP contribution in [0, 0.1) is 0 Å². The summed E-state index contributed by atoms with van der Waals surface area (Å²) in [6, 6.07) is 14.3. The minimum Gasteiger partial charge on any atom is -0.436 e. The van der Waals surface area contributed by atoms with Crippen LogP contribution in [0.1, 0.15) is 12.7 Å². The Balaban J connectivity index is 1.76. The van der Waals surface area contributed by atoms with Crippen molar-refractivity contribution in [3.05, 3.63) is 54.4 Å². The van der Waals surface area contributed by atoms with Crippen molar-refractivity contribution in [2.75, 3.05) is 11.0 Å². The number of hydrogen-bond donors (Lipinski definition) is 1. The molecule has 0 radical (unpaired) electrons. The maximum Gasteiger partial charge on any atom is 0.266 e. The van der Waals surface area contributed by atoms with E-state index in [2.05, 4.69) is 19.9 Å². The number of rotatable bonds is 5. The average molecular weight is 383 g/mol. The number of aromatic nitrogens is 4. The minimum atomic E-state index is -3.33. The van der Waals surface area contributed by atoms with Crippen LogP contribution in [0.2, 0.25) is 0 Å². The van der Waals surface area contributed by atoms with Crippen LogP contribution in [0.25, 0.3) is 16.7 Å². The maximum atomic E-state index is 11.3. The van der Waals surface area contributed by atoms with Crippen molar-refractivity contribution in [3.8, 4) is 11.6 Å². The molecule has 0 saturated heterocycles. The van der Waals surface area contributed by atoms with Gasteiger partial charge in [0.05, 0.1) is 17.3 Å². The zero-order valence-corrected chi connectivity index (χ0v) is 15.6. The highest BCUT2D eigenvalue weighted by Gasteiger charge is 2.15. The van der Waals surface area contributed by atoms with Gasteiger partial charge in [0.15, 0.2) is 0 Å². The van der Waals surface area contributed by atoms with Gasteiger partial charge in [-0.15, -0.1) is 10.2 Å². The maximum absolute atomic E-state index is 11.3. The van der Waals surface area contributed by atoms with E-state index in [0.717, 1.165) is 29.5 Å². The fraction of sp³-hybridized carbons (Fsp3) is 0.167. The van der Waals surface area contributed by atoms with Crippen molar-refractivity contribution >= 4 is 32.4 Å². The molecule has 138 valence electrons. The Morgan fingerprint density at radius 1 is 1.07 bits per heavy atom. The summed E-state index contributed by atoms with van der Waals surface area (Å²) in [7, 11) is -3.33. The molecule has 2 heterocycles. The first-order valence-electron chi connectivity index (χ1n) is 8.33. The van der Waals surface area contributed by atoms with E-state index >= 15 is 0 Å². The van der Waals surface area contributed by atoms with Crippen LogP contribution in [0.4, 0.5) is 5.69 Å². The molecule has 2 aromatic carbocycles. The first-order chi connectivity index (χ1) is 12.9. The molecule has 0 aliphatic heterocycles. The molecule has 0 unspecified atom stereocenters. The zero-order chi connectivity index (χ0) is 19.0. The van der Waals surface area contributed by atoms with Crippen LogP contribution in [0.3, 0.4) is 0 Å². The number of sulfonamides is 1. The highest BCUT2D eigenvalue weighted by molar-refractivity contribution is 7.92. The Hall–Kier alpha value is -3.20. The van der Waals surface area contributed by atoms with Gasteiger partial charge in [-0.1, -0.05) is 19.1 Å². The number of aryl methyl sites for hydroxylation is 1. The van der Waals surface area contributed by atoms with Gasteiger partial charge in [-0.2, -0.15) is 0 Å². The highest BCUT2D eigenvalue weighted by Crippen LogP contribution is 2.28. The number of anilines is 1. The van der Waals surface area contributed by atoms with E-state index in [-0.39, 0.29) is 0 Å². The van der Waals surface area contributed by atoms with Crippen LogP contribution in [0.5, 0.6) is 11.6 Å². The molecule has 27 heavy (non-hydrogen) atoms. The third-order valence-electron chi connectivity index (χ3n) is 3.95. The van der Waals surface area contributed by atoms with Crippen molar-refractivity contribution in [1.29, 1.82) is 0 Å². The predicted octanol–water partition coefficient (Wildman–Crippen LogP) is 3.00. The standard InChI is InChI=1S/C18H17N5O3S/c1-3-16-20-21-17-18(19-14-6-4-5-7-15(14)23(16)17)26-13-10-8-12(9-11-13)22-27(2,24)25/h4-11,22H,3H2,1-2H3. The summed E-state index contributed by atoms with van der Waals surface area (Å²) in [5.41, 5.74) is 2.67. The lowest BCUT2D eigenvalue weighted by Crippen LogP contribution is -2.09. The Bertz CT molecular complexity index is 1230. The molecule has 0 fully saturated rings. The molecular weight excluding hydrogens is 366 g/mol. The summed E-state index contributed by atoms with van der Waals surface area (Å²) in [6.45, 7) is 2.01. The number of nitrogens with one attached hydrogen (secondary N) is 1. The van der Waals surface area contributed by atoms with Crippen LogP contribution in [0.15, 0.2) is 48.5 Å². The Kier molecular flexibility index (Phi) is 4.15. The van der Waals surface area contributed by atoms with Gasteiger partial charge in [0.25, 0.3) is 5.88 Å². The van der Waals surface area contributed by atoms with Crippen molar-refractivity contribution in [3.63, 3.8) is 0 Å². The lowest BCUT2D eigenvalue weighted by Gasteiger charge is -2.10. The first kappa shape index (κ1) is 17.2. The zero-order valence-electron chi connectivity index (χ0n) is 14.7. The fourth-order valence-electron chi connectivity index (χ4n) is 2.83. The van der Waals surface area contributed by atoms with Gasteiger partial charge in [0.2, 0.25) is 15.7 Å². The topological polar surface area (TPSA) is 98.5 Å². The summed E-state index contributed by atoms with van der Waals surface area (Å²) in [6.07, 6.45) is 1.82. The van der Waals surface area contributed by atoms with E-state index in [1.165, 1.54) is 0 Å². The predicted molar refractivity (Wildman–Crippen MR) is 103 cm³/mol. The number of fused-ring (bicyclic) bond motifs is 3. The van der Waals surface area contributed by atoms with E-state index in [4.69, 9.17) is 4.74 Å².